The second-order valence-electron chi connectivity index (χ2n) is 10.8. The highest BCUT2D eigenvalue weighted by molar-refractivity contribution is 8.26. The predicted molar refractivity (Wildman–Crippen MR) is 169 cm³/mol. The molecule has 2 bridgehead atoms. The summed E-state index contributed by atoms with van der Waals surface area (Å²) in [7, 11) is 0. The predicted octanol–water partition coefficient (Wildman–Crippen LogP) is 8.90. The number of anilines is 1. The standard InChI is InChI=1S/C28H35NO2S6/c1-14(2)32-25-21-22(26(34-25)33-15(3)4)28(36-17(7)8)20-19(27(21,37-28)35-16(5)6)23(30)29(24(20)31)18-12-10-9-11-13-18/h9-17,19-20H,1-8H3/t19-,20+,27-,28+. The first-order valence-electron chi connectivity index (χ1n) is 12.9. The Morgan fingerprint density at radius 3 is 1.51 bits per heavy atom. The molecule has 0 aliphatic carbocycles. The van der Waals surface area contributed by atoms with Crippen LogP contribution in [0.15, 0.2) is 38.8 Å². The largest absolute Gasteiger partial charge is 0.274 e. The Morgan fingerprint density at radius 2 is 1.14 bits per heavy atom. The maximum Gasteiger partial charge on any atom is 0.240 e. The number of carbonyl (C=O) groups excluding carboxylic acids is 2. The van der Waals surface area contributed by atoms with E-state index in [0.717, 1.165) is 0 Å². The number of nitrogens with zero attached hydrogens (tertiary/aromatic N) is 1. The first-order valence-corrected chi connectivity index (χ1v) is 18.1. The number of rotatable bonds is 9. The molecule has 9 heteroatoms. The molecule has 1 aromatic carbocycles. The number of hydrogen-bond acceptors (Lipinski definition) is 8. The summed E-state index contributed by atoms with van der Waals surface area (Å²) in [6.07, 6.45) is 0. The Kier molecular flexibility index (Phi) is 7.91. The molecular formula is C28H35NO2S6. The zero-order valence-corrected chi connectivity index (χ0v) is 27.5. The van der Waals surface area contributed by atoms with Gasteiger partial charge in [0, 0.05) is 32.1 Å². The first-order chi connectivity index (χ1) is 17.4. The molecule has 4 heterocycles. The maximum atomic E-state index is 14.4. The SMILES string of the molecule is CC(C)Sc1sc(SC(C)C)c2c1[C@@]1(SC(C)C)S[C@]2(SC(C)C)[C@H]2C(=O)N(c3ccccc3)C(=O)[C@H]21. The van der Waals surface area contributed by atoms with Gasteiger partial charge >= 0.3 is 0 Å². The van der Waals surface area contributed by atoms with Gasteiger partial charge in [0.1, 0.15) is 8.16 Å². The molecular weight excluding hydrogens is 575 g/mol. The molecule has 3 nitrogen and oxygen atoms in total. The van der Waals surface area contributed by atoms with Gasteiger partial charge in [0.25, 0.3) is 0 Å². The molecule has 3 aliphatic rings. The van der Waals surface area contributed by atoms with Crippen LogP contribution in [0.3, 0.4) is 0 Å². The Bertz CT molecular complexity index is 1140. The number of benzene rings is 1. The Hall–Kier alpha value is -0.190. The lowest BCUT2D eigenvalue weighted by atomic mass is 9.78. The fraction of sp³-hybridized carbons (Fsp3) is 0.571. The third-order valence-electron chi connectivity index (χ3n) is 6.49. The molecule has 2 amide bonds. The summed E-state index contributed by atoms with van der Waals surface area (Å²) < 4.78 is 1.76. The number of amides is 2. The van der Waals surface area contributed by atoms with Crippen LogP contribution in [0.25, 0.3) is 0 Å². The van der Waals surface area contributed by atoms with Crippen molar-refractivity contribution >= 4 is 87.6 Å². The summed E-state index contributed by atoms with van der Waals surface area (Å²) >= 11 is 11.5. The summed E-state index contributed by atoms with van der Waals surface area (Å²) in [6.45, 7) is 17.9. The molecule has 5 rings (SSSR count). The van der Waals surface area contributed by atoms with Gasteiger partial charge in [-0.1, -0.05) is 73.6 Å². The van der Waals surface area contributed by atoms with Crippen LogP contribution in [0.2, 0.25) is 0 Å². The van der Waals surface area contributed by atoms with E-state index < -0.39 is 8.16 Å². The topological polar surface area (TPSA) is 37.4 Å². The third-order valence-corrected chi connectivity index (χ3v) is 15.3. The van der Waals surface area contributed by atoms with Crippen LogP contribution in [0.1, 0.15) is 66.5 Å². The number of carbonyl (C=O) groups is 2. The van der Waals surface area contributed by atoms with Crippen LogP contribution in [-0.4, -0.2) is 32.8 Å². The molecule has 4 atom stereocenters. The van der Waals surface area contributed by atoms with E-state index in [-0.39, 0.29) is 23.7 Å². The number of thioether (sulfide) groups is 5. The lowest BCUT2D eigenvalue weighted by molar-refractivity contribution is -0.122. The van der Waals surface area contributed by atoms with Gasteiger partial charge in [0.2, 0.25) is 11.8 Å². The second kappa shape index (κ2) is 10.3. The number of para-hydroxylation sites is 1. The van der Waals surface area contributed by atoms with E-state index in [9.17, 15) is 9.59 Å². The average Bonchev–Trinajstić information content (AvgIpc) is 3.43. The van der Waals surface area contributed by atoms with Crippen molar-refractivity contribution in [2.45, 2.75) is 93.0 Å². The Labute approximate surface area is 246 Å². The van der Waals surface area contributed by atoms with Crippen molar-refractivity contribution in [1.29, 1.82) is 0 Å². The smallest absolute Gasteiger partial charge is 0.240 e. The highest BCUT2D eigenvalue weighted by atomic mass is 32.2. The molecule has 3 aliphatic heterocycles. The normalized spacial score (nSPS) is 28.5. The summed E-state index contributed by atoms with van der Waals surface area (Å²) in [4.78, 5) is 30.3. The zero-order valence-electron chi connectivity index (χ0n) is 22.6. The van der Waals surface area contributed by atoms with Gasteiger partial charge in [-0.15, -0.1) is 70.1 Å². The van der Waals surface area contributed by atoms with Gasteiger partial charge in [-0.2, -0.15) is 0 Å². The molecule has 2 saturated heterocycles. The first kappa shape index (κ1) is 28.3. The molecule has 2 aromatic rings. The molecule has 200 valence electrons. The molecule has 1 aromatic heterocycles. The minimum absolute atomic E-state index is 0.0245. The summed E-state index contributed by atoms with van der Waals surface area (Å²) in [6, 6.07) is 9.55. The van der Waals surface area contributed by atoms with Crippen LogP contribution in [0.4, 0.5) is 5.69 Å². The van der Waals surface area contributed by atoms with Crippen molar-refractivity contribution in [1.82, 2.24) is 0 Å². The summed E-state index contributed by atoms with van der Waals surface area (Å²) in [5.41, 5.74) is 3.41. The van der Waals surface area contributed by atoms with E-state index in [0.29, 0.717) is 26.7 Å². The van der Waals surface area contributed by atoms with E-state index in [1.54, 1.807) is 0 Å². The van der Waals surface area contributed by atoms with Gasteiger partial charge < -0.3 is 0 Å². The van der Waals surface area contributed by atoms with E-state index in [4.69, 9.17) is 0 Å². The molecule has 2 fully saturated rings. The number of fused-ring (bicyclic) bond motifs is 8. The highest BCUT2D eigenvalue weighted by Gasteiger charge is 2.79. The van der Waals surface area contributed by atoms with Crippen molar-refractivity contribution in [3.8, 4) is 0 Å². The van der Waals surface area contributed by atoms with Crippen LogP contribution in [-0.2, 0) is 17.7 Å². The average molecular weight is 610 g/mol. The van der Waals surface area contributed by atoms with Crippen LogP contribution < -0.4 is 4.90 Å². The summed E-state index contributed by atoms with van der Waals surface area (Å²) in [5.74, 6) is -0.782. The Morgan fingerprint density at radius 1 is 0.703 bits per heavy atom. The molecule has 0 N–H and O–H groups in total. The fourth-order valence-electron chi connectivity index (χ4n) is 5.66. The zero-order chi connectivity index (χ0) is 26.9. The van der Waals surface area contributed by atoms with Crippen molar-refractivity contribution in [3.05, 3.63) is 41.5 Å². The number of imide groups is 1. The molecule has 0 unspecified atom stereocenters. The molecule has 37 heavy (non-hydrogen) atoms. The van der Waals surface area contributed by atoms with Crippen LogP contribution >= 0.6 is 70.1 Å². The van der Waals surface area contributed by atoms with E-state index in [1.807, 2.05) is 100 Å². The number of thiophene rings is 1. The van der Waals surface area contributed by atoms with Crippen molar-refractivity contribution < 1.29 is 9.59 Å². The van der Waals surface area contributed by atoms with Gasteiger partial charge in [0.05, 0.1) is 25.9 Å². The van der Waals surface area contributed by atoms with E-state index >= 15 is 0 Å². The van der Waals surface area contributed by atoms with Gasteiger partial charge in [0.15, 0.2) is 0 Å². The lowest BCUT2D eigenvalue weighted by Gasteiger charge is -2.36. The van der Waals surface area contributed by atoms with Gasteiger partial charge in [-0.05, 0) is 12.1 Å². The van der Waals surface area contributed by atoms with Crippen LogP contribution in [0.5, 0.6) is 0 Å². The third kappa shape index (κ3) is 4.46. The van der Waals surface area contributed by atoms with Gasteiger partial charge in [-0.25, -0.2) is 4.90 Å². The van der Waals surface area contributed by atoms with Crippen molar-refractivity contribution in [2.75, 3.05) is 4.90 Å². The maximum absolute atomic E-state index is 14.4. The monoisotopic (exact) mass is 609 g/mol. The minimum Gasteiger partial charge on any atom is -0.274 e. The van der Waals surface area contributed by atoms with Gasteiger partial charge in [-0.3, -0.25) is 9.59 Å². The Balaban J connectivity index is 1.80. The fourth-order valence-corrected chi connectivity index (χ4v) is 18.0. The van der Waals surface area contributed by atoms with Crippen molar-refractivity contribution in [2.24, 2.45) is 11.8 Å². The second-order valence-corrected chi connectivity index (χ2v) is 21.2. The van der Waals surface area contributed by atoms with Crippen LogP contribution in [0, 0.1) is 11.8 Å². The summed E-state index contributed by atoms with van der Waals surface area (Å²) in [5, 5.41) is 1.53. The molecule has 0 radical (unpaired) electrons. The quantitative estimate of drug-likeness (QED) is 0.208. The van der Waals surface area contributed by atoms with Crippen molar-refractivity contribution in [3.63, 3.8) is 0 Å². The van der Waals surface area contributed by atoms with E-state index in [2.05, 4.69) is 55.4 Å². The highest BCUT2D eigenvalue weighted by Crippen LogP contribution is 2.84. The lowest BCUT2D eigenvalue weighted by Crippen LogP contribution is -2.39. The minimum atomic E-state index is -0.462. The van der Waals surface area contributed by atoms with E-state index in [1.165, 1.54) is 24.4 Å². The number of hydrogen-bond donors (Lipinski definition) is 0. The molecule has 0 spiro atoms. The molecule has 0 saturated carbocycles.